The summed E-state index contributed by atoms with van der Waals surface area (Å²) in [5.74, 6) is 0.163. The van der Waals surface area contributed by atoms with Gasteiger partial charge in [0.1, 0.15) is 11.6 Å². The van der Waals surface area contributed by atoms with Gasteiger partial charge in [-0.1, -0.05) is 11.6 Å². The second-order valence-electron chi connectivity index (χ2n) is 13.1. The number of fused-ring (bicyclic) bond motifs is 3. The van der Waals surface area contributed by atoms with Gasteiger partial charge < -0.3 is 29.7 Å². The van der Waals surface area contributed by atoms with Gasteiger partial charge in [-0.2, -0.15) is 0 Å². The van der Waals surface area contributed by atoms with Crippen molar-refractivity contribution in [2.75, 3.05) is 72.6 Å². The van der Waals surface area contributed by atoms with Crippen LogP contribution in [0.4, 0.5) is 0 Å². The van der Waals surface area contributed by atoms with Crippen LogP contribution in [-0.4, -0.2) is 136 Å². The van der Waals surface area contributed by atoms with Gasteiger partial charge in [-0.3, -0.25) is 19.1 Å². The van der Waals surface area contributed by atoms with E-state index in [0.29, 0.717) is 43.8 Å². The van der Waals surface area contributed by atoms with Crippen molar-refractivity contribution in [1.29, 1.82) is 0 Å². The molecule has 45 heavy (non-hydrogen) atoms. The topological polar surface area (TPSA) is 129 Å². The summed E-state index contributed by atoms with van der Waals surface area (Å²) in [6.45, 7) is 8.60. The Morgan fingerprint density at radius 2 is 1.84 bits per heavy atom. The Morgan fingerprint density at radius 3 is 2.67 bits per heavy atom. The molecule has 3 atom stereocenters. The first kappa shape index (κ1) is 31.4. The zero-order valence-electron chi connectivity index (χ0n) is 26.5. The van der Waals surface area contributed by atoms with E-state index < -0.39 is 11.9 Å². The van der Waals surface area contributed by atoms with Gasteiger partial charge >= 0.3 is 0 Å². The molecule has 13 nitrogen and oxygen atoms in total. The molecule has 4 aliphatic heterocycles. The first-order valence-electron chi connectivity index (χ1n) is 16.7. The van der Waals surface area contributed by atoms with E-state index in [4.69, 9.17) is 4.74 Å². The van der Waals surface area contributed by atoms with Crippen LogP contribution in [0.3, 0.4) is 0 Å². The number of likely N-dealkylation sites (N-methyl/N-ethyl adjacent to an activating group) is 1. The lowest BCUT2D eigenvalue weighted by Crippen LogP contribution is -2.54. The number of hydrogen-bond donors (Lipinski definition) is 1. The molecule has 6 rings (SSSR count). The third-order valence-corrected chi connectivity index (χ3v) is 9.94. The highest BCUT2D eigenvalue weighted by molar-refractivity contribution is 5.99. The van der Waals surface area contributed by atoms with E-state index in [2.05, 4.69) is 37.5 Å². The molecule has 1 N–H and O–H groups in total. The molecule has 0 saturated carbocycles. The number of likely N-dealkylation sites (tertiary alicyclic amines) is 1. The van der Waals surface area contributed by atoms with Crippen molar-refractivity contribution < 1.29 is 19.1 Å². The third-order valence-electron chi connectivity index (χ3n) is 9.94. The largest absolute Gasteiger partial charge is 0.477 e. The Balaban J connectivity index is 1.17. The van der Waals surface area contributed by atoms with Crippen LogP contribution >= 0.6 is 0 Å². The minimum Gasteiger partial charge on any atom is -0.477 e. The molecule has 0 radical (unpaired) electrons. The van der Waals surface area contributed by atoms with Crippen LogP contribution in [0.25, 0.3) is 0 Å². The van der Waals surface area contributed by atoms with Crippen molar-refractivity contribution >= 4 is 17.7 Å². The van der Waals surface area contributed by atoms with Crippen LogP contribution in [0.5, 0.6) is 5.88 Å². The van der Waals surface area contributed by atoms with Gasteiger partial charge in [0.2, 0.25) is 17.7 Å². The third kappa shape index (κ3) is 7.99. The van der Waals surface area contributed by atoms with Crippen molar-refractivity contribution in [3.63, 3.8) is 0 Å². The lowest BCUT2D eigenvalue weighted by molar-refractivity contribution is -0.138. The first-order valence-corrected chi connectivity index (χ1v) is 16.7. The molecular formula is C32H47N9O4. The number of pyridine rings is 1. The maximum Gasteiger partial charge on any atom is 0.257 e. The minimum atomic E-state index is -0.818. The van der Waals surface area contributed by atoms with Crippen LogP contribution in [-0.2, 0) is 22.6 Å². The molecule has 0 aliphatic carbocycles. The summed E-state index contributed by atoms with van der Waals surface area (Å²) in [6.07, 6.45) is 9.37. The van der Waals surface area contributed by atoms with Crippen LogP contribution in [0, 0.1) is 11.8 Å². The van der Waals surface area contributed by atoms with Crippen LogP contribution in [0.15, 0.2) is 24.5 Å². The molecule has 3 fully saturated rings. The van der Waals surface area contributed by atoms with Gasteiger partial charge in [-0.25, -0.2) is 4.98 Å². The van der Waals surface area contributed by atoms with Gasteiger partial charge in [-0.15, -0.1) is 5.10 Å². The highest BCUT2D eigenvalue weighted by atomic mass is 16.5. The molecule has 6 heterocycles. The van der Waals surface area contributed by atoms with E-state index >= 15 is 0 Å². The van der Waals surface area contributed by atoms with Crippen molar-refractivity contribution in [1.82, 2.24) is 44.9 Å². The lowest BCUT2D eigenvalue weighted by Gasteiger charge is -2.41. The standard InChI is InChI=1S/C32H47N9O4/c1-37-13-16-39(17-14-37)29(42)20-24-7-12-40-22-25(24)8-19-45-31-27(6-5-9-33-31)30(43)34-28(32(40)44)21-26-23-41(36-35-26)18-15-38-10-3-2-4-11-38/h5-6,9,23-25,28H,2-4,7-8,10-22H2,1H3,(H,34,43)/t24-,25-,28+/m0/s1. The fraction of sp³-hybridized carbons (Fsp3) is 0.688. The molecule has 0 unspecified atom stereocenters. The van der Waals surface area contributed by atoms with Crippen molar-refractivity contribution in [2.24, 2.45) is 11.8 Å². The molecule has 244 valence electrons. The van der Waals surface area contributed by atoms with Crippen molar-refractivity contribution in [3.8, 4) is 5.88 Å². The summed E-state index contributed by atoms with van der Waals surface area (Å²) in [5, 5.41) is 11.7. The number of carbonyl (C=O) groups is 3. The Morgan fingerprint density at radius 1 is 1.02 bits per heavy atom. The zero-order chi connectivity index (χ0) is 31.2. The van der Waals surface area contributed by atoms with Crippen LogP contribution in [0.2, 0.25) is 0 Å². The van der Waals surface area contributed by atoms with E-state index in [-0.39, 0.29) is 36.0 Å². The number of piperidine rings is 2. The zero-order valence-corrected chi connectivity index (χ0v) is 26.5. The fourth-order valence-electron chi connectivity index (χ4n) is 7.11. The van der Waals surface area contributed by atoms with Gasteiger partial charge in [0.05, 0.1) is 18.8 Å². The van der Waals surface area contributed by atoms with Crippen molar-refractivity contribution in [3.05, 3.63) is 35.8 Å². The molecular weight excluding hydrogens is 574 g/mol. The van der Waals surface area contributed by atoms with Gasteiger partial charge in [0.15, 0.2) is 0 Å². The van der Waals surface area contributed by atoms with E-state index in [9.17, 15) is 14.4 Å². The molecule has 2 bridgehead atoms. The highest BCUT2D eigenvalue weighted by Gasteiger charge is 2.37. The number of aromatic nitrogens is 4. The normalized spacial score (nSPS) is 25.5. The summed E-state index contributed by atoms with van der Waals surface area (Å²) in [4.78, 5) is 53.7. The monoisotopic (exact) mass is 621 g/mol. The van der Waals surface area contributed by atoms with Gasteiger partial charge in [0.25, 0.3) is 5.91 Å². The quantitative estimate of drug-likeness (QED) is 0.480. The number of hydrogen-bond acceptors (Lipinski definition) is 9. The number of piperazine rings is 1. The SMILES string of the molecule is CN1CCN(C(=O)C[C@@H]2CCN3C[C@@H]2CCOc2ncccc2C(=O)N[C@H](Cc2cn(CCN4CCCCC4)nn2)C3=O)CC1. The van der Waals surface area contributed by atoms with E-state index in [1.54, 1.807) is 18.3 Å². The van der Waals surface area contributed by atoms with Crippen LogP contribution in [0.1, 0.15) is 54.6 Å². The first-order chi connectivity index (χ1) is 21.9. The molecule has 2 aromatic heterocycles. The van der Waals surface area contributed by atoms with Gasteiger partial charge in [-0.05, 0) is 69.8 Å². The average Bonchev–Trinajstić information content (AvgIpc) is 3.51. The number of ether oxygens (including phenoxy) is 1. The second-order valence-corrected chi connectivity index (χ2v) is 13.1. The number of nitrogens with zero attached hydrogens (tertiary/aromatic N) is 8. The fourth-order valence-corrected chi connectivity index (χ4v) is 7.11. The molecule has 4 aliphatic rings. The van der Waals surface area contributed by atoms with Crippen LogP contribution < -0.4 is 10.1 Å². The van der Waals surface area contributed by atoms with E-state index in [1.807, 2.05) is 20.7 Å². The predicted octanol–water partition coefficient (Wildman–Crippen LogP) is 0.911. The molecule has 3 amide bonds. The van der Waals surface area contributed by atoms with Crippen molar-refractivity contribution in [2.45, 2.75) is 57.5 Å². The smallest absolute Gasteiger partial charge is 0.257 e. The second kappa shape index (κ2) is 14.7. The number of amides is 3. The van der Waals surface area contributed by atoms with Gasteiger partial charge in [0, 0.05) is 71.0 Å². The lowest BCUT2D eigenvalue weighted by atomic mass is 9.80. The molecule has 2 aromatic rings. The average molecular weight is 622 g/mol. The van der Waals surface area contributed by atoms with E-state index in [0.717, 1.165) is 58.8 Å². The summed E-state index contributed by atoms with van der Waals surface area (Å²) >= 11 is 0. The number of nitrogens with one attached hydrogen (secondary N) is 1. The molecule has 0 aromatic carbocycles. The molecule has 0 spiro atoms. The summed E-state index contributed by atoms with van der Waals surface area (Å²) in [7, 11) is 2.08. The van der Waals surface area contributed by atoms with E-state index in [1.165, 1.54) is 19.3 Å². The highest BCUT2D eigenvalue weighted by Crippen LogP contribution is 2.31. The minimum absolute atomic E-state index is 0.0951. The summed E-state index contributed by atoms with van der Waals surface area (Å²) < 4.78 is 7.89. The Labute approximate surface area is 265 Å². The molecule has 13 heteroatoms. The summed E-state index contributed by atoms with van der Waals surface area (Å²) in [6, 6.07) is 2.54. The Kier molecular flexibility index (Phi) is 10.2. The summed E-state index contributed by atoms with van der Waals surface area (Å²) in [5.41, 5.74) is 0.953. The Bertz CT molecular complexity index is 1320. The number of carbonyl (C=O) groups excluding carboxylic acids is 3. The predicted molar refractivity (Wildman–Crippen MR) is 166 cm³/mol. The number of rotatable bonds is 7. The maximum atomic E-state index is 14.1. The maximum absolute atomic E-state index is 14.1. The molecule has 3 saturated heterocycles. The Hall–Kier alpha value is -3.58.